The van der Waals surface area contributed by atoms with E-state index in [1.807, 2.05) is 0 Å². The van der Waals surface area contributed by atoms with Gasteiger partial charge in [-0.3, -0.25) is 0 Å². The molecule has 6 heteroatoms. The molecule has 0 saturated carbocycles. The van der Waals surface area contributed by atoms with Crippen molar-refractivity contribution in [3.05, 3.63) is 52.9 Å². The maximum Gasteiger partial charge on any atom is 0.339 e. The highest BCUT2D eigenvalue weighted by Crippen LogP contribution is 2.26. The number of aromatic carboxylic acids is 1. The van der Waals surface area contributed by atoms with Gasteiger partial charge in [0.15, 0.2) is 0 Å². The fourth-order valence-electron chi connectivity index (χ4n) is 1.29. The molecule has 0 atom stereocenters. The molecule has 0 saturated heterocycles. The monoisotopic (exact) mass is 267 g/mol. The van der Waals surface area contributed by atoms with E-state index in [4.69, 9.17) is 21.4 Å². The zero-order valence-electron chi connectivity index (χ0n) is 8.93. The van der Waals surface area contributed by atoms with Gasteiger partial charge in [0.25, 0.3) is 0 Å². The smallest absolute Gasteiger partial charge is 0.339 e. The summed E-state index contributed by atoms with van der Waals surface area (Å²) in [5.41, 5.74) is -0.0892. The third kappa shape index (κ3) is 2.75. The number of hydrogen-bond acceptors (Lipinski definition) is 3. The Kier molecular flexibility index (Phi) is 3.43. The number of aromatic nitrogens is 1. The van der Waals surface area contributed by atoms with Crippen LogP contribution in [0.5, 0.6) is 11.6 Å². The fourth-order valence-corrected chi connectivity index (χ4v) is 1.47. The first-order valence-corrected chi connectivity index (χ1v) is 5.26. The first-order valence-electron chi connectivity index (χ1n) is 4.88. The van der Waals surface area contributed by atoms with Gasteiger partial charge in [-0.1, -0.05) is 11.6 Å². The number of benzene rings is 1. The summed E-state index contributed by atoms with van der Waals surface area (Å²) in [5.74, 6) is -1.49. The Morgan fingerprint density at radius 3 is 2.72 bits per heavy atom. The third-order valence-electron chi connectivity index (χ3n) is 2.09. The number of ether oxygens (including phenoxy) is 1. The first-order chi connectivity index (χ1) is 8.56. The summed E-state index contributed by atoms with van der Waals surface area (Å²) >= 11 is 5.70. The molecule has 92 valence electrons. The molecule has 0 bridgehead atoms. The van der Waals surface area contributed by atoms with Crippen molar-refractivity contribution in [2.75, 3.05) is 0 Å². The van der Waals surface area contributed by atoms with Crippen LogP contribution in [0.2, 0.25) is 5.02 Å². The lowest BCUT2D eigenvalue weighted by Gasteiger charge is -2.07. The summed E-state index contributed by atoms with van der Waals surface area (Å²) in [5, 5.41) is 9.28. The number of carbonyl (C=O) groups is 1. The molecule has 0 fully saturated rings. The van der Waals surface area contributed by atoms with Crippen molar-refractivity contribution in [3.63, 3.8) is 0 Å². The highest BCUT2D eigenvalue weighted by atomic mass is 35.5. The Morgan fingerprint density at radius 1 is 1.33 bits per heavy atom. The van der Waals surface area contributed by atoms with Gasteiger partial charge in [0.1, 0.15) is 17.1 Å². The van der Waals surface area contributed by atoms with Crippen molar-refractivity contribution < 1.29 is 19.0 Å². The van der Waals surface area contributed by atoms with Gasteiger partial charge in [0.2, 0.25) is 5.88 Å². The van der Waals surface area contributed by atoms with E-state index in [1.54, 1.807) is 0 Å². The van der Waals surface area contributed by atoms with E-state index in [-0.39, 0.29) is 22.2 Å². The Morgan fingerprint density at radius 2 is 2.11 bits per heavy atom. The van der Waals surface area contributed by atoms with Crippen molar-refractivity contribution in [3.8, 4) is 11.6 Å². The van der Waals surface area contributed by atoms with Gasteiger partial charge < -0.3 is 9.84 Å². The van der Waals surface area contributed by atoms with Crippen LogP contribution in [-0.2, 0) is 0 Å². The minimum Gasteiger partial charge on any atom is -0.478 e. The van der Waals surface area contributed by atoms with Crippen LogP contribution in [0, 0.1) is 5.82 Å². The molecule has 0 spiro atoms. The number of pyridine rings is 1. The molecular weight excluding hydrogens is 261 g/mol. The number of hydrogen-bond donors (Lipinski definition) is 1. The second-order valence-electron chi connectivity index (χ2n) is 3.36. The second kappa shape index (κ2) is 5.01. The van der Waals surface area contributed by atoms with Crippen molar-refractivity contribution in [1.82, 2.24) is 4.98 Å². The van der Waals surface area contributed by atoms with E-state index in [1.165, 1.54) is 30.3 Å². The topological polar surface area (TPSA) is 59.4 Å². The average molecular weight is 268 g/mol. The van der Waals surface area contributed by atoms with Gasteiger partial charge in [-0.05, 0) is 24.3 Å². The normalized spacial score (nSPS) is 10.1. The van der Waals surface area contributed by atoms with E-state index in [0.717, 1.165) is 6.20 Å². The quantitative estimate of drug-likeness (QED) is 0.926. The third-order valence-corrected chi connectivity index (χ3v) is 2.32. The number of rotatable bonds is 3. The van der Waals surface area contributed by atoms with Crippen LogP contribution in [0.25, 0.3) is 0 Å². The number of carboxylic acids is 1. The van der Waals surface area contributed by atoms with Crippen LogP contribution in [0.3, 0.4) is 0 Å². The first kappa shape index (κ1) is 12.3. The molecule has 0 amide bonds. The van der Waals surface area contributed by atoms with Crippen LogP contribution in [0.4, 0.5) is 4.39 Å². The number of halogens is 2. The van der Waals surface area contributed by atoms with Crippen LogP contribution < -0.4 is 4.74 Å². The van der Waals surface area contributed by atoms with Gasteiger partial charge in [0.05, 0.1) is 6.20 Å². The van der Waals surface area contributed by atoms with Gasteiger partial charge >= 0.3 is 5.97 Å². The Labute approximate surface area is 107 Å². The summed E-state index contributed by atoms with van der Waals surface area (Å²) in [6.45, 7) is 0. The van der Waals surface area contributed by atoms with E-state index < -0.39 is 11.8 Å². The highest BCUT2D eigenvalue weighted by Gasteiger charge is 2.13. The maximum atomic E-state index is 12.7. The Hall–Kier alpha value is -2.14. The summed E-state index contributed by atoms with van der Waals surface area (Å²) in [7, 11) is 0. The molecule has 0 unspecified atom stereocenters. The molecule has 1 N–H and O–H groups in total. The Bertz CT molecular complexity index is 586. The molecule has 2 rings (SSSR count). The van der Waals surface area contributed by atoms with Crippen molar-refractivity contribution >= 4 is 17.6 Å². The van der Waals surface area contributed by atoms with Crippen molar-refractivity contribution in [1.29, 1.82) is 0 Å². The van der Waals surface area contributed by atoms with Crippen LogP contribution in [0.15, 0.2) is 36.5 Å². The van der Waals surface area contributed by atoms with E-state index >= 15 is 0 Å². The van der Waals surface area contributed by atoms with Crippen LogP contribution >= 0.6 is 11.6 Å². The summed E-state index contributed by atoms with van der Waals surface area (Å²) < 4.78 is 17.9. The molecule has 4 nitrogen and oxygen atoms in total. The molecule has 0 aliphatic carbocycles. The zero-order chi connectivity index (χ0) is 13.1. The summed E-state index contributed by atoms with van der Waals surface area (Å²) in [4.78, 5) is 14.7. The highest BCUT2D eigenvalue weighted by molar-refractivity contribution is 6.31. The fraction of sp³-hybridized carbons (Fsp3) is 0. The van der Waals surface area contributed by atoms with Gasteiger partial charge in [-0.25, -0.2) is 14.2 Å². The van der Waals surface area contributed by atoms with Gasteiger partial charge in [0, 0.05) is 11.1 Å². The molecule has 1 aromatic heterocycles. The lowest BCUT2D eigenvalue weighted by Crippen LogP contribution is -2.00. The molecule has 18 heavy (non-hydrogen) atoms. The molecule has 0 radical (unpaired) electrons. The number of carboxylic acid groups (broad SMARTS) is 1. The molecule has 0 aliphatic rings. The van der Waals surface area contributed by atoms with Crippen molar-refractivity contribution in [2.24, 2.45) is 0 Å². The minimum absolute atomic E-state index is 0.0889. The zero-order valence-corrected chi connectivity index (χ0v) is 9.69. The van der Waals surface area contributed by atoms with Crippen LogP contribution in [0.1, 0.15) is 10.4 Å². The predicted molar refractivity (Wildman–Crippen MR) is 62.7 cm³/mol. The SMILES string of the molecule is O=C(O)c1cc(Cl)ccc1Oc1ccc(F)cn1. The molecule has 1 aromatic carbocycles. The summed E-state index contributed by atoms with van der Waals surface area (Å²) in [6, 6.07) is 6.64. The molecular formula is C12H7ClFNO3. The van der Waals surface area contributed by atoms with E-state index in [2.05, 4.69) is 4.98 Å². The average Bonchev–Trinajstić information content (AvgIpc) is 2.34. The van der Waals surface area contributed by atoms with E-state index in [0.29, 0.717) is 0 Å². The lowest BCUT2D eigenvalue weighted by molar-refractivity contribution is 0.0694. The molecule has 1 heterocycles. The van der Waals surface area contributed by atoms with Crippen LogP contribution in [-0.4, -0.2) is 16.1 Å². The minimum atomic E-state index is -1.17. The van der Waals surface area contributed by atoms with Crippen molar-refractivity contribution in [2.45, 2.75) is 0 Å². The largest absolute Gasteiger partial charge is 0.478 e. The standard InChI is InChI=1S/C12H7ClFNO3/c13-7-1-3-10(9(5-7)12(16)17)18-11-4-2-8(14)6-15-11/h1-6H,(H,16,17). The summed E-state index contributed by atoms with van der Waals surface area (Å²) in [6.07, 6.45) is 0.978. The van der Waals surface area contributed by atoms with Gasteiger partial charge in [-0.15, -0.1) is 0 Å². The maximum absolute atomic E-state index is 12.7. The number of nitrogens with zero attached hydrogens (tertiary/aromatic N) is 1. The van der Waals surface area contributed by atoms with E-state index in [9.17, 15) is 9.18 Å². The lowest BCUT2D eigenvalue weighted by atomic mass is 10.2. The Balaban J connectivity index is 2.34. The van der Waals surface area contributed by atoms with Gasteiger partial charge in [-0.2, -0.15) is 0 Å². The molecule has 2 aromatic rings. The second-order valence-corrected chi connectivity index (χ2v) is 3.80. The molecule has 0 aliphatic heterocycles. The predicted octanol–water partition coefficient (Wildman–Crippen LogP) is 3.36.